The Hall–Kier alpha value is -2.18. The van der Waals surface area contributed by atoms with Crippen molar-refractivity contribution in [3.8, 4) is 0 Å². The van der Waals surface area contributed by atoms with Gasteiger partial charge >= 0.3 is 5.97 Å². The van der Waals surface area contributed by atoms with E-state index in [1.807, 2.05) is 25.1 Å². The maximum absolute atomic E-state index is 12.1. The summed E-state index contributed by atoms with van der Waals surface area (Å²) in [6, 6.07) is 10.3. The highest BCUT2D eigenvalue weighted by Gasteiger charge is 2.13. The Morgan fingerprint density at radius 3 is 2.57 bits per heavy atom. The zero-order chi connectivity index (χ0) is 15.4. The fourth-order valence-electron chi connectivity index (χ4n) is 1.77. The Morgan fingerprint density at radius 1 is 1.24 bits per heavy atom. The standard InChI is InChI=1S/C15H15NO4S/c1-9(20-2)10-4-3-5-11(8-10)16-14(17)12-6-7-13(21-12)15(18)19/h3-9H,1-2H3,(H,16,17)(H,18,19). The van der Waals surface area contributed by atoms with Crippen molar-refractivity contribution in [1.82, 2.24) is 0 Å². The quantitative estimate of drug-likeness (QED) is 0.887. The molecule has 5 nitrogen and oxygen atoms in total. The van der Waals surface area contributed by atoms with Crippen LogP contribution < -0.4 is 5.32 Å². The predicted molar refractivity (Wildman–Crippen MR) is 81.1 cm³/mol. The van der Waals surface area contributed by atoms with Gasteiger partial charge in [-0.1, -0.05) is 12.1 Å². The molecule has 0 aliphatic carbocycles. The summed E-state index contributed by atoms with van der Waals surface area (Å²) in [4.78, 5) is 23.4. The van der Waals surface area contributed by atoms with Crippen LogP contribution in [-0.4, -0.2) is 24.1 Å². The largest absolute Gasteiger partial charge is 0.477 e. The van der Waals surface area contributed by atoms with E-state index in [4.69, 9.17) is 9.84 Å². The molecule has 2 rings (SSSR count). The average molecular weight is 305 g/mol. The Balaban J connectivity index is 2.13. The molecule has 1 amide bonds. The van der Waals surface area contributed by atoms with Crippen LogP contribution in [0.15, 0.2) is 36.4 Å². The monoisotopic (exact) mass is 305 g/mol. The summed E-state index contributed by atoms with van der Waals surface area (Å²) < 4.78 is 5.23. The minimum absolute atomic E-state index is 0.0674. The lowest BCUT2D eigenvalue weighted by Crippen LogP contribution is -2.10. The van der Waals surface area contributed by atoms with E-state index in [9.17, 15) is 9.59 Å². The fourth-order valence-corrected chi connectivity index (χ4v) is 2.51. The van der Waals surface area contributed by atoms with Crippen LogP contribution in [0.25, 0.3) is 0 Å². The van der Waals surface area contributed by atoms with E-state index in [0.29, 0.717) is 10.6 Å². The van der Waals surface area contributed by atoms with E-state index in [1.54, 1.807) is 13.2 Å². The predicted octanol–water partition coefficient (Wildman–Crippen LogP) is 3.41. The number of rotatable bonds is 5. The SMILES string of the molecule is COC(C)c1cccc(NC(=O)c2ccc(C(=O)O)s2)c1. The normalized spacial score (nSPS) is 11.9. The molecular weight excluding hydrogens is 290 g/mol. The first-order valence-corrected chi connectivity index (χ1v) is 7.10. The number of thiophene rings is 1. The number of carbonyl (C=O) groups excluding carboxylic acids is 1. The first-order valence-electron chi connectivity index (χ1n) is 6.28. The van der Waals surface area contributed by atoms with Gasteiger partial charge in [-0.3, -0.25) is 4.79 Å². The zero-order valence-electron chi connectivity index (χ0n) is 11.6. The number of methoxy groups -OCH3 is 1. The topological polar surface area (TPSA) is 75.6 Å². The van der Waals surface area contributed by atoms with Crippen LogP contribution in [0.3, 0.4) is 0 Å². The van der Waals surface area contributed by atoms with Gasteiger partial charge in [-0.25, -0.2) is 4.79 Å². The molecule has 1 heterocycles. The second-order valence-corrected chi connectivity index (χ2v) is 5.51. The number of aromatic carboxylic acids is 1. The molecule has 0 fully saturated rings. The lowest BCUT2D eigenvalue weighted by molar-refractivity contribution is 0.0702. The highest BCUT2D eigenvalue weighted by molar-refractivity contribution is 7.15. The molecule has 6 heteroatoms. The van der Waals surface area contributed by atoms with Crippen molar-refractivity contribution < 1.29 is 19.4 Å². The van der Waals surface area contributed by atoms with E-state index in [0.717, 1.165) is 16.9 Å². The molecule has 110 valence electrons. The van der Waals surface area contributed by atoms with Crippen molar-refractivity contribution in [2.75, 3.05) is 12.4 Å². The summed E-state index contributed by atoms with van der Waals surface area (Å²) in [5.74, 6) is -1.36. The van der Waals surface area contributed by atoms with E-state index < -0.39 is 5.97 Å². The average Bonchev–Trinajstić information content (AvgIpc) is 2.97. The van der Waals surface area contributed by atoms with Crippen molar-refractivity contribution >= 4 is 28.9 Å². The van der Waals surface area contributed by atoms with E-state index >= 15 is 0 Å². The van der Waals surface area contributed by atoms with Crippen molar-refractivity contribution in [1.29, 1.82) is 0 Å². The Bertz CT molecular complexity index is 665. The van der Waals surface area contributed by atoms with Crippen LogP contribution in [0.5, 0.6) is 0 Å². The van der Waals surface area contributed by atoms with Gasteiger partial charge in [0.2, 0.25) is 0 Å². The lowest BCUT2D eigenvalue weighted by atomic mass is 10.1. The molecule has 2 N–H and O–H groups in total. The fraction of sp³-hybridized carbons (Fsp3) is 0.200. The second kappa shape index (κ2) is 6.51. The third-order valence-corrected chi connectivity index (χ3v) is 4.08. The van der Waals surface area contributed by atoms with Gasteiger partial charge in [0, 0.05) is 12.8 Å². The molecular formula is C15H15NO4S. The van der Waals surface area contributed by atoms with Gasteiger partial charge in [0.05, 0.1) is 11.0 Å². The van der Waals surface area contributed by atoms with Gasteiger partial charge < -0.3 is 15.2 Å². The number of anilines is 1. The van der Waals surface area contributed by atoms with Crippen LogP contribution in [0.1, 0.15) is 37.9 Å². The maximum atomic E-state index is 12.1. The highest BCUT2D eigenvalue weighted by atomic mass is 32.1. The lowest BCUT2D eigenvalue weighted by Gasteiger charge is -2.11. The third kappa shape index (κ3) is 3.68. The summed E-state index contributed by atoms with van der Waals surface area (Å²) in [6.45, 7) is 1.92. The summed E-state index contributed by atoms with van der Waals surface area (Å²) in [7, 11) is 1.62. The number of carboxylic acids is 1. The van der Waals surface area contributed by atoms with E-state index in [-0.39, 0.29) is 16.9 Å². The molecule has 21 heavy (non-hydrogen) atoms. The summed E-state index contributed by atoms with van der Waals surface area (Å²) in [5, 5.41) is 11.6. The van der Waals surface area contributed by atoms with Gasteiger partial charge in [-0.05, 0) is 36.8 Å². The van der Waals surface area contributed by atoms with Crippen LogP contribution in [0.2, 0.25) is 0 Å². The Morgan fingerprint density at radius 2 is 1.95 bits per heavy atom. The number of carbonyl (C=O) groups is 2. The first-order chi connectivity index (χ1) is 10.0. The molecule has 1 aromatic heterocycles. The Kier molecular flexibility index (Phi) is 4.72. The molecule has 0 radical (unpaired) electrons. The second-order valence-electron chi connectivity index (χ2n) is 4.43. The number of hydrogen-bond donors (Lipinski definition) is 2. The van der Waals surface area contributed by atoms with E-state index in [1.165, 1.54) is 12.1 Å². The van der Waals surface area contributed by atoms with Crippen molar-refractivity contribution in [3.63, 3.8) is 0 Å². The molecule has 0 saturated carbocycles. The van der Waals surface area contributed by atoms with Gasteiger partial charge in [0.1, 0.15) is 4.88 Å². The number of benzene rings is 1. The van der Waals surface area contributed by atoms with Gasteiger partial charge in [0.25, 0.3) is 5.91 Å². The van der Waals surface area contributed by atoms with Crippen LogP contribution in [0.4, 0.5) is 5.69 Å². The molecule has 1 aromatic carbocycles. The number of ether oxygens (including phenoxy) is 1. The van der Waals surface area contributed by atoms with E-state index in [2.05, 4.69) is 5.32 Å². The molecule has 1 unspecified atom stereocenters. The number of amides is 1. The van der Waals surface area contributed by atoms with Crippen LogP contribution in [0, 0.1) is 0 Å². The summed E-state index contributed by atoms with van der Waals surface area (Å²) >= 11 is 0.947. The number of carboxylic acid groups (broad SMARTS) is 1. The van der Waals surface area contributed by atoms with Crippen molar-refractivity contribution in [2.45, 2.75) is 13.0 Å². The van der Waals surface area contributed by atoms with Gasteiger partial charge in [-0.15, -0.1) is 11.3 Å². The smallest absolute Gasteiger partial charge is 0.345 e. The molecule has 0 spiro atoms. The molecule has 1 atom stereocenters. The minimum atomic E-state index is -1.03. The molecule has 0 aliphatic heterocycles. The Labute approximate surface area is 126 Å². The van der Waals surface area contributed by atoms with Gasteiger partial charge in [0.15, 0.2) is 0 Å². The minimum Gasteiger partial charge on any atom is -0.477 e. The summed E-state index contributed by atoms with van der Waals surface area (Å²) in [5.41, 5.74) is 1.60. The van der Waals surface area contributed by atoms with Crippen molar-refractivity contribution in [3.05, 3.63) is 51.7 Å². The van der Waals surface area contributed by atoms with Crippen LogP contribution in [-0.2, 0) is 4.74 Å². The van der Waals surface area contributed by atoms with Crippen LogP contribution >= 0.6 is 11.3 Å². The highest BCUT2D eigenvalue weighted by Crippen LogP contribution is 2.22. The summed E-state index contributed by atoms with van der Waals surface area (Å²) in [6.07, 6.45) is -0.0674. The third-order valence-electron chi connectivity index (χ3n) is 3.01. The molecule has 0 saturated heterocycles. The molecule has 2 aromatic rings. The number of nitrogens with one attached hydrogen (secondary N) is 1. The van der Waals surface area contributed by atoms with Gasteiger partial charge in [-0.2, -0.15) is 0 Å². The molecule has 0 aliphatic rings. The number of hydrogen-bond acceptors (Lipinski definition) is 4. The first kappa shape index (κ1) is 15.2. The molecule has 0 bridgehead atoms. The van der Waals surface area contributed by atoms with Crippen molar-refractivity contribution in [2.24, 2.45) is 0 Å². The maximum Gasteiger partial charge on any atom is 0.345 e. The zero-order valence-corrected chi connectivity index (χ0v) is 12.4.